The summed E-state index contributed by atoms with van der Waals surface area (Å²) in [5, 5.41) is 0. The molecule has 1 amide bonds. The predicted octanol–water partition coefficient (Wildman–Crippen LogP) is 4.33. The molecule has 0 atom stereocenters. The summed E-state index contributed by atoms with van der Waals surface area (Å²) < 4.78 is 6.25. The number of hydrogen-bond donors (Lipinski definition) is 0. The van der Waals surface area contributed by atoms with Crippen molar-refractivity contribution in [3.05, 3.63) is 63.4 Å². The number of fused-ring (bicyclic) bond motifs is 1. The Morgan fingerprint density at radius 2 is 1.88 bits per heavy atom. The number of halogens is 1. The molecule has 0 unspecified atom stereocenters. The van der Waals surface area contributed by atoms with Crippen LogP contribution >= 0.6 is 15.9 Å². The van der Waals surface area contributed by atoms with E-state index in [1.54, 1.807) is 29.3 Å². The minimum atomic E-state index is -0.536. The van der Waals surface area contributed by atoms with Crippen LogP contribution in [0.25, 0.3) is 0 Å². The van der Waals surface area contributed by atoms with E-state index in [0.717, 1.165) is 15.6 Å². The first-order chi connectivity index (χ1) is 11.7. The average Bonchev–Trinajstić information content (AvgIpc) is 2.96. The topological polar surface area (TPSA) is 59.5 Å². The molecule has 0 N–H and O–H groups in total. The Kier molecular flexibility index (Phi) is 4.64. The molecule has 1 aromatic carbocycles. The van der Waals surface area contributed by atoms with Crippen LogP contribution in [0.3, 0.4) is 0 Å². The Labute approximate surface area is 155 Å². The van der Waals surface area contributed by atoms with E-state index in [0.29, 0.717) is 24.3 Å². The van der Waals surface area contributed by atoms with Gasteiger partial charge in [0.1, 0.15) is 11.3 Å². The molecule has 6 heteroatoms. The van der Waals surface area contributed by atoms with Crippen LogP contribution in [0.5, 0.6) is 0 Å². The molecule has 0 bridgehead atoms. The largest absolute Gasteiger partial charge is 0.444 e. The maximum Gasteiger partial charge on any atom is 0.410 e. The third kappa shape index (κ3) is 4.07. The number of rotatable bonds is 2. The highest BCUT2D eigenvalue weighted by Crippen LogP contribution is 2.25. The second kappa shape index (κ2) is 6.59. The van der Waals surface area contributed by atoms with Crippen molar-refractivity contribution in [2.75, 3.05) is 0 Å². The summed E-state index contributed by atoms with van der Waals surface area (Å²) in [5.74, 6) is -0.139. The average molecular weight is 403 g/mol. The van der Waals surface area contributed by atoms with Crippen LogP contribution in [0.15, 0.2) is 41.0 Å². The van der Waals surface area contributed by atoms with Gasteiger partial charge in [0.25, 0.3) is 0 Å². The van der Waals surface area contributed by atoms with Crippen molar-refractivity contribution in [3.8, 4) is 0 Å². The molecule has 5 nitrogen and oxygen atoms in total. The summed E-state index contributed by atoms with van der Waals surface area (Å²) >= 11 is 3.37. The number of pyridine rings is 1. The molecule has 25 heavy (non-hydrogen) atoms. The Morgan fingerprint density at radius 1 is 1.16 bits per heavy atom. The van der Waals surface area contributed by atoms with Gasteiger partial charge in [-0.15, -0.1) is 0 Å². The number of nitrogens with zero attached hydrogens (tertiary/aromatic N) is 2. The number of aromatic nitrogens is 1. The maximum atomic E-state index is 12.6. The molecular weight excluding hydrogens is 384 g/mol. The number of benzene rings is 1. The number of ketones is 1. The highest BCUT2D eigenvalue weighted by atomic mass is 79.9. The zero-order valence-corrected chi connectivity index (χ0v) is 16.0. The lowest BCUT2D eigenvalue weighted by molar-refractivity contribution is 0.0241. The monoisotopic (exact) mass is 402 g/mol. The molecular formula is C19H19BrN2O3. The SMILES string of the molecule is CC(C)(C)OC(=O)N1Cc2cnc(C(=O)c3cccc(Br)c3)cc2C1. The zero-order valence-electron chi connectivity index (χ0n) is 14.4. The van der Waals surface area contributed by atoms with Crippen LogP contribution in [-0.4, -0.2) is 27.4 Å². The Balaban J connectivity index is 1.78. The summed E-state index contributed by atoms with van der Waals surface area (Å²) in [6.07, 6.45) is 1.31. The van der Waals surface area contributed by atoms with E-state index >= 15 is 0 Å². The number of amides is 1. The zero-order chi connectivity index (χ0) is 18.2. The van der Waals surface area contributed by atoms with Crippen LogP contribution in [-0.2, 0) is 17.8 Å². The van der Waals surface area contributed by atoms with Gasteiger partial charge < -0.3 is 4.74 Å². The lowest BCUT2D eigenvalue weighted by Gasteiger charge is -2.24. The lowest BCUT2D eigenvalue weighted by Crippen LogP contribution is -2.33. The standard InChI is InChI=1S/C19H19BrN2O3/c1-19(2,3)25-18(24)22-10-13-8-16(21-9-14(13)11-22)17(23)12-5-4-6-15(20)7-12/h4-9H,10-11H2,1-3H3. The van der Waals surface area contributed by atoms with Gasteiger partial charge in [-0.2, -0.15) is 0 Å². The molecule has 0 radical (unpaired) electrons. The molecule has 0 fully saturated rings. The molecule has 0 saturated heterocycles. The van der Waals surface area contributed by atoms with Gasteiger partial charge in [0.15, 0.2) is 0 Å². The highest BCUT2D eigenvalue weighted by molar-refractivity contribution is 9.10. The molecule has 3 rings (SSSR count). The van der Waals surface area contributed by atoms with Crippen molar-refractivity contribution >= 4 is 27.8 Å². The number of carbonyl (C=O) groups is 2. The van der Waals surface area contributed by atoms with E-state index in [9.17, 15) is 9.59 Å². The first-order valence-electron chi connectivity index (χ1n) is 7.99. The fourth-order valence-corrected chi connectivity index (χ4v) is 3.04. The van der Waals surface area contributed by atoms with Crippen LogP contribution in [0, 0.1) is 0 Å². The van der Waals surface area contributed by atoms with Crippen molar-refractivity contribution < 1.29 is 14.3 Å². The van der Waals surface area contributed by atoms with Crippen LogP contribution in [0.2, 0.25) is 0 Å². The van der Waals surface area contributed by atoms with Crippen molar-refractivity contribution in [1.29, 1.82) is 0 Å². The van der Waals surface area contributed by atoms with Gasteiger partial charge in [0, 0.05) is 22.8 Å². The molecule has 1 aliphatic heterocycles. The van der Waals surface area contributed by atoms with Crippen LogP contribution < -0.4 is 0 Å². The lowest BCUT2D eigenvalue weighted by atomic mass is 10.1. The molecule has 130 valence electrons. The van der Waals surface area contributed by atoms with Crippen molar-refractivity contribution in [2.45, 2.75) is 39.5 Å². The minimum Gasteiger partial charge on any atom is -0.444 e. The Bertz CT molecular complexity index is 843. The van der Waals surface area contributed by atoms with Gasteiger partial charge >= 0.3 is 6.09 Å². The Morgan fingerprint density at radius 3 is 2.56 bits per heavy atom. The van der Waals surface area contributed by atoms with Crippen LogP contribution in [0.4, 0.5) is 4.79 Å². The minimum absolute atomic E-state index is 0.139. The number of hydrogen-bond acceptors (Lipinski definition) is 4. The van der Waals surface area contributed by atoms with Gasteiger partial charge in [0.05, 0.1) is 6.54 Å². The molecule has 0 spiro atoms. The third-order valence-electron chi connectivity index (χ3n) is 3.78. The summed E-state index contributed by atoms with van der Waals surface area (Å²) in [6.45, 7) is 6.38. The summed E-state index contributed by atoms with van der Waals surface area (Å²) in [4.78, 5) is 30.7. The summed E-state index contributed by atoms with van der Waals surface area (Å²) in [5.41, 5.74) is 2.29. The van der Waals surface area contributed by atoms with E-state index in [2.05, 4.69) is 20.9 Å². The van der Waals surface area contributed by atoms with Gasteiger partial charge in [-0.3, -0.25) is 14.7 Å². The fraction of sp³-hybridized carbons (Fsp3) is 0.316. The highest BCUT2D eigenvalue weighted by Gasteiger charge is 2.28. The molecule has 2 aromatic rings. The van der Waals surface area contributed by atoms with Gasteiger partial charge in [0.2, 0.25) is 5.78 Å². The van der Waals surface area contributed by atoms with E-state index in [1.165, 1.54) is 0 Å². The van der Waals surface area contributed by atoms with Crippen molar-refractivity contribution in [3.63, 3.8) is 0 Å². The van der Waals surface area contributed by atoms with E-state index in [4.69, 9.17) is 4.74 Å². The van der Waals surface area contributed by atoms with Crippen molar-refractivity contribution in [2.24, 2.45) is 0 Å². The summed E-state index contributed by atoms with van der Waals surface area (Å²) in [7, 11) is 0. The fourth-order valence-electron chi connectivity index (χ4n) is 2.64. The van der Waals surface area contributed by atoms with E-state index in [1.807, 2.05) is 32.9 Å². The maximum absolute atomic E-state index is 12.6. The van der Waals surface area contributed by atoms with E-state index in [-0.39, 0.29) is 11.9 Å². The second-order valence-electron chi connectivity index (χ2n) is 7.01. The number of ether oxygens (including phenoxy) is 1. The first kappa shape index (κ1) is 17.6. The van der Waals surface area contributed by atoms with Gasteiger partial charge in [-0.05, 0) is 50.1 Å². The van der Waals surface area contributed by atoms with E-state index < -0.39 is 5.60 Å². The first-order valence-corrected chi connectivity index (χ1v) is 8.78. The van der Waals surface area contributed by atoms with Gasteiger partial charge in [-0.25, -0.2) is 4.79 Å². The predicted molar refractivity (Wildman–Crippen MR) is 97.3 cm³/mol. The normalized spacial score (nSPS) is 13.5. The third-order valence-corrected chi connectivity index (χ3v) is 4.27. The number of carbonyl (C=O) groups excluding carboxylic acids is 2. The molecule has 0 aliphatic carbocycles. The Hall–Kier alpha value is -2.21. The smallest absolute Gasteiger partial charge is 0.410 e. The molecule has 1 aromatic heterocycles. The van der Waals surface area contributed by atoms with Crippen molar-refractivity contribution in [1.82, 2.24) is 9.88 Å². The quantitative estimate of drug-likeness (QED) is 0.701. The van der Waals surface area contributed by atoms with Crippen LogP contribution in [0.1, 0.15) is 48.0 Å². The molecule has 0 saturated carbocycles. The van der Waals surface area contributed by atoms with Gasteiger partial charge in [-0.1, -0.05) is 28.1 Å². The second-order valence-corrected chi connectivity index (χ2v) is 7.93. The molecule has 2 heterocycles. The molecule has 1 aliphatic rings. The summed E-state index contributed by atoms with van der Waals surface area (Å²) in [6, 6.07) is 8.97.